The number of carbonyl (C=O) groups is 1. The number of hydrogen-bond donors (Lipinski definition) is 0. The van der Waals surface area contributed by atoms with Crippen LogP contribution in [0.5, 0.6) is 0 Å². The largest absolute Gasteiger partial charge is 0.370 e. The first-order chi connectivity index (χ1) is 14.2. The maximum Gasteiger partial charge on any atom is 0.253 e. The smallest absolute Gasteiger partial charge is 0.253 e. The maximum atomic E-state index is 13.0. The summed E-state index contributed by atoms with van der Waals surface area (Å²) in [5.41, 5.74) is 3.97. The Labute approximate surface area is 171 Å². The quantitative estimate of drug-likeness (QED) is 0.686. The summed E-state index contributed by atoms with van der Waals surface area (Å²) in [4.78, 5) is 22.1. The minimum atomic E-state index is 0.110. The predicted molar refractivity (Wildman–Crippen MR) is 113 cm³/mol. The molecule has 2 aromatic heterocycles. The molecule has 2 aliphatic heterocycles. The molecule has 1 amide bonds. The van der Waals surface area contributed by atoms with Gasteiger partial charge in [-0.05, 0) is 56.9 Å². The van der Waals surface area contributed by atoms with Crippen LogP contribution in [-0.2, 0) is 0 Å². The van der Waals surface area contributed by atoms with E-state index in [1.54, 1.807) is 0 Å². The van der Waals surface area contributed by atoms with E-state index in [9.17, 15) is 4.79 Å². The normalized spacial score (nSPS) is 19.8. The zero-order chi connectivity index (χ0) is 19.8. The van der Waals surface area contributed by atoms with Crippen molar-refractivity contribution in [1.29, 1.82) is 0 Å². The molecule has 4 heterocycles. The molecule has 2 aliphatic rings. The van der Waals surface area contributed by atoms with E-state index in [4.69, 9.17) is 10.1 Å². The average molecular weight is 390 g/mol. The number of aromatic nitrogens is 3. The minimum absolute atomic E-state index is 0.110. The second kappa shape index (κ2) is 7.50. The van der Waals surface area contributed by atoms with Crippen molar-refractivity contribution in [2.75, 3.05) is 31.1 Å². The highest BCUT2D eigenvalue weighted by atomic mass is 16.2. The lowest BCUT2D eigenvalue weighted by atomic mass is 9.96. The number of amides is 1. The van der Waals surface area contributed by atoms with Gasteiger partial charge in [-0.3, -0.25) is 4.79 Å². The fourth-order valence-electron chi connectivity index (χ4n) is 4.56. The molecule has 0 aliphatic carbocycles. The topological polar surface area (TPSA) is 53.7 Å². The second-order valence-electron chi connectivity index (χ2n) is 8.31. The summed E-state index contributed by atoms with van der Waals surface area (Å²) in [5.74, 6) is 1.15. The summed E-state index contributed by atoms with van der Waals surface area (Å²) >= 11 is 0. The minimum Gasteiger partial charge on any atom is -0.370 e. The summed E-state index contributed by atoms with van der Waals surface area (Å²) in [7, 11) is 0. The Bertz CT molecular complexity index is 1040. The Hall–Kier alpha value is -2.89. The second-order valence-corrected chi connectivity index (χ2v) is 8.31. The number of aryl methyl sites for hydroxylation is 1. The zero-order valence-corrected chi connectivity index (χ0v) is 16.9. The molecule has 1 atom stereocenters. The highest BCUT2D eigenvalue weighted by molar-refractivity contribution is 5.94. The molecule has 6 heteroatoms. The molecule has 0 spiro atoms. The summed E-state index contributed by atoms with van der Waals surface area (Å²) < 4.78 is 1.91. The van der Waals surface area contributed by atoms with Crippen molar-refractivity contribution < 1.29 is 4.79 Å². The number of fused-ring (bicyclic) bond motifs is 1. The molecule has 0 N–H and O–H groups in total. The fourth-order valence-corrected chi connectivity index (χ4v) is 4.56. The van der Waals surface area contributed by atoms with Crippen molar-refractivity contribution in [3.8, 4) is 0 Å². The van der Waals surface area contributed by atoms with Crippen molar-refractivity contribution in [3.05, 3.63) is 59.5 Å². The van der Waals surface area contributed by atoms with E-state index < -0.39 is 0 Å². The van der Waals surface area contributed by atoms with Crippen LogP contribution in [0.1, 0.15) is 53.3 Å². The van der Waals surface area contributed by atoms with Crippen molar-refractivity contribution in [1.82, 2.24) is 19.5 Å². The number of carbonyl (C=O) groups excluding carboxylic acids is 1. The lowest BCUT2D eigenvalue weighted by Crippen LogP contribution is -2.39. The Morgan fingerprint density at radius 2 is 1.93 bits per heavy atom. The first-order valence-corrected chi connectivity index (χ1v) is 10.6. The number of rotatable bonds is 3. The summed E-state index contributed by atoms with van der Waals surface area (Å²) in [6.07, 6.45) is 6.61. The lowest BCUT2D eigenvalue weighted by Gasteiger charge is -2.31. The van der Waals surface area contributed by atoms with E-state index in [0.717, 1.165) is 55.1 Å². The third-order valence-electron chi connectivity index (χ3n) is 6.14. The van der Waals surface area contributed by atoms with E-state index in [1.165, 1.54) is 18.5 Å². The number of benzene rings is 1. The van der Waals surface area contributed by atoms with Gasteiger partial charge < -0.3 is 9.80 Å². The molecule has 2 saturated heterocycles. The van der Waals surface area contributed by atoms with E-state index in [1.807, 2.05) is 40.6 Å². The molecule has 150 valence electrons. The van der Waals surface area contributed by atoms with Gasteiger partial charge in [0.2, 0.25) is 0 Å². The number of anilines is 1. The number of pyridine rings is 1. The fraction of sp³-hybridized carbons (Fsp3) is 0.435. The summed E-state index contributed by atoms with van der Waals surface area (Å²) in [6.45, 7) is 5.74. The molecule has 5 rings (SSSR count). The van der Waals surface area contributed by atoms with Crippen LogP contribution < -0.4 is 4.90 Å². The zero-order valence-electron chi connectivity index (χ0n) is 16.9. The Morgan fingerprint density at radius 3 is 2.76 bits per heavy atom. The van der Waals surface area contributed by atoms with Gasteiger partial charge >= 0.3 is 0 Å². The first-order valence-electron chi connectivity index (χ1n) is 10.6. The van der Waals surface area contributed by atoms with Crippen LogP contribution in [0.2, 0.25) is 0 Å². The molecular weight excluding hydrogens is 362 g/mol. The number of piperidine rings is 1. The summed E-state index contributed by atoms with van der Waals surface area (Å²) in [5, 5.41) is 4.79. The number of likely N-dealkylation sites (tertiary alicyclic amines) is 1. The van der Waals surface area contributed by atoms with E-state index in [2.05, 4.69) is 23.2 Å². The van der Waals surface area contributed by atoms with Crippen molar-refractivity contribution in [2.45, 2.75) is 38.5 Å². The van der Waals surface area contributed by atoms with Gasteiger partial charge in [-0.1, -0.05) is 17.7 Å². The van der Waals surface area contributed by atoms with Gasteiger partial charge in [-0.2, -0.15) is 5.10 Å². The average Bonchev–Trinajstić information content (AvgIpc) is 3.42. The van der Waals surface area contributed by atoms with Gasteiger partial charge in [-0.25, -0.2) is 9.50 Å². The molecule has 29 heavy (non-hydrogen) atoms. The molecular formula is C23H27N5O. The SMILES string of the molecule is Cc1cccc(C(=O)N2CCCC(c3nc4ccc(N5CCCC5)cn4n3)C2)c1. The number of hydrogen-bond acceptors (Lipinski definition) is 4. The van der Waals surface area contributed by atoms with Crippen LogP contribution in [-0.4, -0.2) is 51.6 Å². The van der Waals surface area contributed by atoms with Crippen LogP contribution >= 0.6 is 0 Å². The van der Waals surface area contributed by atoms with Crippen LogP contribution in [0, 0.1) is 6.92 Å². The van der Waals surface area contributed by atoms with Crippen LogP contribution in [0.3, 0.4) is 0 Å². The van der Waals surface area contributed by atoms with Gasteiger partial charge in [0.15, 0.2) is 11.5 Å². The predicted octanol–water partition coefficient (Wildman–Crippen LogP) is 3.66. The Kier molecular flexibility index (Phi) is 4.70. The van der Waals surface area contributed by atoms with Gasteiger partial charge in [-0.15, -0.1) is 0 Å². The third kappa shape index (κ3) is 3.59. The van der Waals surface area contributed by atoms with Crippen LogP contribution in [0.15, 0.2) is 42.6 Å². The molecule has 0 radical (unpaired) electrons. The van der Waals surface area contributed by atoms with E-state index >= 15 is 0 Å². The highest BCUT2D eigenvalue weighted by Gasteiger charge is 2.28. The molecule has 1 unspecified atom stereocenters. The van der Waals surface area contributed by atoms with Crippen LogP contribution in [0.25, 0.3) is 5.65 Å². The summed E-state index contributed by atoms with van der Waals surface area (Å²) in [6, 6.07) is 12.0. The van der Waals surface area contributed by atoms with E-state index in [0.29, 0.717) is 6.54 Å². The molecule has 1 aromatic carbocycles. The first kappa shape index (κ1) is 18.2. The number of nitrogens with zero attached hydrogens (tertiary/aromatic N) is 5. The molecule has 0 bridgehead atoms. The monoisotopic (exact) mass is 389 g/mol. The lowest BCUT2D eigenvalue weighted by molar-refractivity contribution is 0.0704. The molecule has 6 nitrogen and oxygen atoms in total. The van der Waals surface area contributed by atoms with Gasteiger partial charge in [0.05, 0.1) is 11.9 Å². The van der Waals surface area contributed by atoms with Crippen molar-refractivity contribution >= 4 is 17.2 Å². The Balaban J connectivity index is 1.36. The highest BCUT2D eigenvalue weighted by Crippen LogP contribution is 2.27. The van der Waals surface area contributed by atoms with Gasteiger partial charge in [0.25, 0.3) is 5.91 Å². The molecule has 3 aromatic rings. The van der Waals surface area contributed by atoms with Gasteiger partial charge in [0.1, 0.15) is 0 Å². The molecule has 2 fully saturated rings. The molecule has 0 saturated carbocycles. The van der Waals surface area contributed by atoms with Crippen molar-refractivity contribution in [2.24, 2.45) is 0 Å². The Morgan fingerprint density at radius 1 is 1.07 bits per heavy atom. The maximum absolute atomic E-state index is 13.0. The van der Waals surface area contributed by atoms with Gasteiger partial charge in [0, 0.05) is 37.7 Å². The van der Waals surface area contributed by atoms with Crippen LogP contribution in [0.4, 0.5) is 5.69 Å². The third-order valence-corrected chi connectivity index (χ3v) is 6.14. The van der Waals surface area contributed by atoms with Crippen molar-refractivity contribution in [3.63, 3.8) is 0 Å². The van der Waals surface area contributed by atoms with E-state index in [-0.39, 0.29) is 11.8 Å². The standard InChI is InChI=1S/C23H27N5O/c1-17-6-4-7-18(14-17)23(29)27-13-5-8-19(15-27)22-24-21-10-9-20(16-28(21)25-22)26-11-2-3-12-26/h4,6-7,9-10,14,16,19H,2-3,5,8,11-13,15H2,1H3.